The summed E-state index contributed by atoms with van der Waals surface area (Å²) < 4.78 is 13.5. The Kier molecular flexibility index (Phi) is 4.94. The lowest BCUT2D eigenvalue weighted by Gasteiger charge is -2.15. The smallest absolute Gasteiger partial charge is 0.335 e. The van der Waals surface area contributed by atoms with Gasteiger partial charge in [-0.05, 0) is 31.5 Å². The number of hydrogen-bond acceptors (Lipinski definition) is 2. The van der Waals surface area contributed by atoms with Gasteiger partial charge in [-0.2, -0.15) is 0 Å². The molecule has 1 unspecified atom stereocenters. The molecule has 0 fully saturated rings. The summed E-state index contributed by atoms with van der Waals surface area (Å²) in [5.41, 5.74) is 0.352. The molecule has 0 saturated carbocycles. The average molecular weight is 239 g/mol. The lowest BCUT2D eigenvalue weighted by molar-refractivity contribution is 0.0697. The Hall–Kier alpha value is -1.58. The summed E-state index contributed by atoms with van der Waals surface area (Å²) in [5.74, 6) is -1.47. The highest BCUT2D eigenvalue weighted by Crippen LogP contribution is 2.18. The fourth-order valence-electron chi connectivity index (χ4n) is 1.62. The van der Waals surface area contributed by atoms with E-state index in [9.17, 15) is 9.18 Å². The Labute approximate surface area is 101 Å². The van der Waals surface area contributed by atoms with Gasteiger partial charge in [0.15, 0.2) is 0 Å². The molecule has 1 aromatic carbocycles. The molecule has 0 heterocycles. The second kappa shape index (κ2) is 6.23. The van der Waals surface area contributed by atoms with E-state index in [2.05, 4.69) is 12.2 Å². The fraction of sp³-hybridized carbons (Fsp3) is 0.462. The number of carboxylic acid groups (broad SMARTS) is 1. The third-order valence-corrected chi connectivity index (χ3v) is 2.61. The molecule has 94 valence electrons. The highest BCUT2D eigenvalue weighted by Gasteiger charge is 2.10. The Morgan fingerprint density at radius 3 is 2.82 bits per heavy atom. The predicted octanol–water partition coefficient (Wildman–Crippen LogP) is 3.51. The Morgan fingerprint density at radius 2 is 2.24 bits per heavy atom. The van der Waals surface area contributed by atoms with Gasteiger partial charge in [-0.15, -0.1) is 0 Å². The summed E-state index contributed by atoms with van der Waals surface area (Å²) >= 11 is 0. The molecule has 0 aliphatic rings. The summed E-state index contributed by atoms with van der Waals surface area (Å²) in [5, 5.41) is 11.8. The van der Waals surface area contributed by atoms with Gasteiger partial charge in [0.1, 0.15) is 5.82 Å². The molecule has 4 heteroatoms. The van der Waals surface area contributed by atoms with Crippen molar-refractivity contribution >= 4 is 11.7 Å². The quantitative estimate of drug-likeness (QED) is 0.798. The van der Waals surface area contributed by atoms with Crippen LogP contribution in [0.15, 0.2) is 18.2 Å². The van der Waals surface area contributed by atoms with Crippen molar-refractivity contribution in [2.75, 3.05) is 5.32 Å². The van der Waals surface area contributed by atoms with Gasteiger partial charge in [-0.1, -0.05) is 19.8 Å². The Bertz CT molecular complexity index is 393. The van der Waals surface area contributed by atoms with Crippen molar-refractivity contribution in [3.63, 3.8) is 0 Å². The standard InChI is InChI=1S/C13H18FNO2/c1-3-4-5-9(2)15-12-8-10(13(16)17)6-7-11(12)14/h6-9,15H,3-5H2,1-2H3,(H,16,17). The zero-order chi connectivity index (χ0) is 12.8. The van der Waals surface area contributed by atoms with Crippen molar-refractivity contribution < 1.29 is 14.3 Å². The van der Waals surface area contributed by atoms with E-state index in [1.54, 1.807) is 0 Å². The number of carboxylic acids is 1. The molecule has 0 bridgehead atoms. The van der Waals surface area contributed by atoms with Gasteiger partial charge in [-0.25, -0.2) is 9.18 Å². The van der Waals surface area contributed by atoms with E-state index in [1.165, 1.54) is 18.2 Å². The molecule has 0 aromatic heterocycles. The first-order chi connectivity index (χ1) is 8.04. The van der Waals surface area contributed by atoms with Crippen LogP contribution in [0.25, 0.3) is 0 Å². The number of aromatic carboxylic acids is 1. The highest BCUT2D eigenvalue weighted by molar-refractivity contribution is 5.88. The maximum atomic E-state index is 13.5. The molecule has 1 atom stereocenters. The third kappa shape index (κ3) is 4.06. The van der Waals surface area contributed by atoms with Crippen molar-refractivity contribution in [1.82, 2.24) is 0 Å². The van der Waals surface area contributed by atoms with Crippen LogP contribution in [0.4, 0.5) is 10.1 Å². The van der Waals surface area contributed by atoms with E-state index < -0.39 is 11.8 Å². The monoisotopic (exact) mass is 239 g/mol. The van der Waals surface area contributed by atoms with Crippen LogP contribution in [-0.2, 0) is 0 Å². The van der Waals surface area contributed by atoms with Crippen LogP contribution in [0.2, 0.25) is 0 Å². The van der Waals surface area contributed by atoms with Crippen LogP contribution in [0, 0.1) is 5.82 Å². The first kappa shape index (κ1) is 13.5. The zero-order valence-corrected chi connectivity index (χ0v) is 10.2. The number of unbranched alkanes of at least 4 members (excludes halogenated alkanes) is 1. The van der Waals surface area contributed by atoms with Crippen LogP contribution in [0.3, 0.4) is 0 Å². The number of anilines is 1. The highest BCUT2D eigenvalue weighted by atomic mass is 19.1. The lowest BCUT2D eigenvalue weighted by Crippen LogP contribution is -2.16. The van der Waals surface area contributed by atoms with E-state index in [4.69, 9.17) is 5.11 Å². The minimum Gasteiger partial charge on any atom is -0.478 e. The summed E-state index contributed by atoms with van der Waals surface area (Å²) in [6.07, 6.45) is 3.09. The summed E-state index contributed by atoms with van der Waals surface area (Å²) in [4.78, 5) is 10.8. The summed E-state index contributed by atoms with van der Waals surface area (Å²) in [7, 11) is 0. The van der Waals surface area contributed by atoms with Gasteiger partial charge in [0.05, 0.1) is 11.3 Å². The summed E-state index contributed by atoms with van der Waals surface area (Å²) in [6.45, 7) is 4.06. The first-order valence-corrected chi connectivity index (χ1v) is 5.84. The van der Waals surface area contributed by atoms with Crippen LogP contribution < -0.4 is 5.32 Å². The lowest BCUT2D eigenvalue weighted by atomic mass is 10.1. The molecule has 3 nitrogen and oxygen atoms in total. The van der Waals surface area contributed by atoms with Gasteiger partial charge in [0, 0.05) is 6.04 Å². The molecule has 17 heavy (non-hydrogen) atoms. The minimum atomic E-state index is -1.05. The largest absolute Gasteiger partial charge is 0.478 e. The normalized spacial score (nSPS) is 12.2. The van der Waals surface area contributed by atoms with Crippen LogP contribution in [0.5, 0.6) is 0 Å². The van der Waals surface area contributed by atoms with Crippen LogP contribution in [0.1, 0.15) is 43.5 Å². The van der Waals surface area contributed by atoms with Crippen molar-refractivity contribution in [3.05, 3.63) is 29.6 Å². The van der Waals surface area contributed by atoms with Crippen molar-refractivity contribution in [2.45, 2.75) is 39.2 Å². The number of rotatable bonds is 6. The molecule has 0 aliphatic heterocycles. The zero-order valence-electron chi connectivity index (χ0n) is 10.2. The number of halogens is 1. The molecule has 1 aromatic rings. The number of hydrogen-bond donors (Lipinski definition) is 2. The molecular weight excluding hydrogens is 221 g/mol. The predicted molar refractivity (Wildman–Crippen MR) is 66.0 cm³/mol. The maximum Gasteiger partial charge on any atom is 0.335 e. The van der Waals surface area contributed by atoms with Crippen LogP contribution in [-0.4, -0.2) is 17.1 Å². The summed E-state index contributed by atoms with van der Waals surface area (Å²) in [6, 6.07) is 3.91. The number of carbonyl (C=O) groups is 1. The molecule has 0 aliphatic carbocycles. The fourth-order valence-corrected chi connectivity index (χ4v) is 1.62. The first-order valence-electron chi connectivity index (χ1n) is 5.84. The Morgan fingerprint density at radius 1 is 1.53 bits per heavy atom. The molecule has 2 N–H and O–H groups in total. The SMILES string of the molecule is CCCCC(C)Nc1cc(C(=O)O)ccc1F. The molecular formula is C13H18FNO2. The van der Waals surface area contributed by atoms with Gasteiger partial charge in [0.25, 0.3) is 0 Å². The van der Waals surface area contributed by atoms with Crippen LogP contribution >= 0.6 is 0 Å². The van der Waals surface area contributed by atoms with E-state index in [-0.39, 0.29) is 17.3 Å². The van der Waals surface area contributed by atoms with E-state index in [0.717, 1.165) is 19.3 Å². The van der Waals surface area contributed by atoms with E-state index >= 15 is 0 Å². The maximum absolute atomic E-state index is 13.5. The third-order valence-electron chi connectivity index (χ3n) is 2.61. The van der Waals surface area contributed by atoms with Gasteiger partial charge in [0.2, 0.25) is 0 Å². The number of benzene rings is 1. The second-order valence-corrected chi connectivity index (χ2v) is 4.19. The topological polar surface area (TPSA) is 49.3 Å². The van der Waals surface area contributed by atoms with Crippen molar-refractivity contribution in [2.24, 2.45) is 0 Å². The molecule has 1 rings (SSSR count). The molecule has 0 spiro atoms. The van der Waals surface area contributed by atoms with Gasteiger partial charge < -0.3 is 10.4 Å². The van der Waals surface area contributed by atoms with Crippen molar-refractivity contribution in [3.8, 4) is 0 Å². The van der Waals surface area contributed by atoms with E-state index in [0.29, 0.717) is 0 Å². The minimum absolute atomic E-state index is 0.0941. The number of nitrogens with one attached hydrogen (secondary N) is 1. The van der Waals surface area contributed by atoms with E-state index in [1.807, 2.05) is 6.92 Å². The molecule has 0 amide bonds. The van der Waals surface area contributed by atoms with Gasteiger partial charge >= 0.3 is 5.97 Å². The van der Waals surface area contributed by atoms with Gasteiger partial charge in [-0.3, -0.25) is 0 Å². The average Bonchev–Trinajstić information content (AvgIpc) is 2.29. The van der Waals surface area contributed by atoms with Crippen molar-refractivity contribution in [1.29, 1.82) is 0 Å². The molecule has 0 saturated heterocycles. The second-order valence-electron chi connectivity index (χ2n) is 4.19. The molecule has 0 radical (unpaired) electrons. The Balaban J connectivity index is 2.75.